The van der Waals surface area contributed by atoms with E-state index in [9.17, 15) is 0 Å². The number of benzene rings is 1. The van der Waals surface area contributed by atoms with Gasteiger partial charge in [-0.15, -0.1) is 35.3 Å². The fraction of sp³-hybridized carbons (Fsp3) is 0.400. The molecule has 0 atom stereocenters. The minimum Gasteiger partial charge on any atom is -0.361 e. The number of H-pyrrole nitrogens is 1. The lowest BCUT2D eigenvalue weighted by Crippen LogP contribution is -2.39. The number of halogens is 1. The monoisotopic (exact) mass is 497 g/mol. The number of aryl methyl sites for hydroxylation is 3. The second kappa shape index (κ2) is 10.1. The zero-order valence-electron chi connectivity index (χ0n) is 16.3. The molecule has 0 aliphatic heterocycles. The van der Waals surface area contributed by atoms with Crippen molar-refractivity contribution < 1.29 is 0 Å². The van der Waals surface area contributed by atoms with Crippen molar-refractivity contribution in [1.29, 1.82) is 0 Å². The predicted molar refractivity (Wildman–Crippen MR) is 127 cm³/mol. The Labute approximate surface area is 182 Å². The van der Waals surface area contributed by atoms with E-state index in [1.54, 1.807) is 11.3 Å². The molecule has 3 N–H and O–H groups in total. The Balaban J connectivity index is 0.00000261. The summed E-state index contributed by atoms with van der Waals surface area (Å²) < 4.78 is 0. The third kappa shape index (κ3) is 5.68. The number of aliphatic imine (C=N–C) groups is 1. The third-order valence-corrected chi connectivity index (χ3v) is 5.67. The Bertz CT molecular complexity index is 893. The summed E-state index contributed by atoms with van der Waals surface area (Å²) in [4.78, 5) is 13.5. The van der Waals surface area contributed by atoms with Crippen molar-refractivity contribution in [2.45, 2.75) is 33.6 Å². The van der Waals surface area contributed by atoms with Gasteiger partial charge in [-0.1, -0.05) is 12.1 Å². The second-order valence-corrected chi connectivity index (χ2v) is 7.83. The maximum atomic E-state index is 4.58. The van der Waals surface area contributed by atoms with Gasteiger partial charge in [0.1, 0.15) is 0 Å². The molecule has 3 rings (SSSR count). The molecule has 0 saturated heterocycles. The molecule has 3 aromatic rings. The Morgan fingerprint density at radius 2 is 1.89 bits per heavy atom. The van der Waals surface area contributed by atoms with E-state index in [0.717, 1.165) is 37.6 Å². The Morgan fingerprint density at radius 1 is 1.15 bits per heavy atom. The molecule has 2 heterocycles. The summed E-state index contributed by atoms with van der Waals surface area (Å²) in [6.45, 7) is 7.98. The average Bonchev–Trinajstić information content (AvgIpc) is 3.16. The summed E-state index contributed by atoms with van der Waals surface area (Å²) in [5.74, 6) is 0.839. The Kier molecular flexibility index (Phi) is 8.09. The highest BCUT2D eigenvalue weighted by atomic mass is 127. The molecule has 0 aliphatic rings. The van der Waals surface area contributed by atoms with Crippen LogP contribution in [0.4, 0.5) is 0 Å². The number of nitrogens with one attached hydrogen (secondary N) is 3. The topological polar surface area (TPSA) is 65.1 Å². The van der Waals surface area contributed by atoms with Crippen molar-refractivity contribution in [1.82, 2.24) is 20.6 Å². The molecule has 0 aliphatic carbocycles. The summed E-state index contributed by atoms with van der Waals surface area (Å²) in [6, 6.07) is 6.55. The first-order valence-electron chi connectivity index (χ1n) is 9.01. The summed E-state index contributed by atoms with van der Waals surface area (Å²) >= 11 is 1.78. The molecule has 27 heavy (non-hydrogen) atoms. The zero-order valence-corrected chi connectivity index (χ0v) is 19.5. The van der Waals surface area contributed by atoms with Gasteiger partial charge in [0.05, 0.1) is 10.7 Å². The summed E-state index contributed by atoms with van der Waals surface area (Å²) in [7, 11) is 1.81. The molecule has 0 radical (unpaired) electrons. The van der Waals surface area contributed by atoms with Gasteiger partial charge in [-0.05, 0) is 44.4 Å². The number of hydrogen-bond donors (Lipinski definition) is 3. The molecule has 2 aromatic heterocycles. The maximum absolute atomic E-state index is 4.58. The van der Waals surface area contributed by atoms with Crippen LogP contribution in [-0.2, 0) is 12.8 Å². The van der Waals surface area contributed by atoms with E-state index in [-0.39, 0.29) is 24.0 Å². The molecule has 5 nitrogen and oxygen atoms in total. The molecular weight excluding hydrogens is 469 g/mol. The first-order chi connectivity index (χ1) is 12.6. The lowest BCUT2D eigenvalue weighted by molar-refractivity contribution is 0.782. The molecule has 0 unspecified atom stereocenters. The number of guanidine groups is 1. The quantitative estimate of drug-likeness (QED) is 0.273. The fourth-order valence-corrected chi connectivity index (χ4v) is 3.91. The van der Waals surface area contributed by atoms with E-state index < -0.39 is 0 Å². The van der Waals surface area contributed by atoms with Crippen LogP contribution in [-0.4, -0.2) is 36.1 Å². The normalized spacial score (nSPS) is 11.5. The van der Waals surface area contributed by atoms with Gasteiger partial charge >= 0.3 is 0 Å². The maximum Gasteiger partial charge on any atom is 0.191 e. The third-order valence-electron chi connectivity index (χ3n) is 4.54. The van der Waals surface area contributed by atoms with E-state index in [4.69, 9.17) is 0 Å². The first kappa shape index (κ1) is 21.7. The minimum atomic E-state index is 0. The smallest absolute Gasteiger partial charge is 0.191 e. The van der Waals surface area contributed by atoms with Crippen LogP contribution in [0.15, 0.2) is 29.4 Å². The summed E-state index contributed by atoms with van der Waals surface area (Å²) in [6.07, 6.45) is 3.98. The van der Waals surface area contributed by atoms with Crippen LogP contribution in [0.2, 0.25) is 0 Å². The van der Waals surface area contributed by atoms with Crippen LogP contribution in [0.3, 0.4) is 0 Å². The Morgan fingerprint density at radius 3 is 2.56 bits per heavy atom. The van der Waals surface area contributed by atoms with Crippen LogP contribution >= 0.6 is 35.3 Å². The van der Waals surface area contributed by atoms with Gasteiger partial charge in [0, 0.05) is 48.5 Å². The van der Waals surface area contributed by atoms with Crippen LogP contribution in [0, 0.1) is 20.8 Å². The van der Waals surface area contributed by atoms with Crippen molar-refractivity contribution in [3.63, 3.8) is 0 Å². The van der Waals surface area contributed by atoms with Crippen molar-refractivity contribution in [3.05, 3.63) is 51.1 Å². The minimum absolute atomic E-state index is 0. The highest BCUT2D eigenvalue weighted by Crippen LogP contribution is 2.19. The zero-order chi connectivity index (χ0) is 18.5. The number of thiazole rings is 1. The number of fused-ring (bicyclic) bond motifs is 1. The van der Waals surface area contributed by atoms with Gasteiger partial charge in [0.25, 0.3) is 0 Å². The van der Waals surface area contributed by atoms with Crippen LogP contribution in [0.25, 0.3) is 10.9 Å². The fourth-order valence-electron chi connectivity index (χ4n) is 2.98. The Hall–Kier alpha value is -1.61. The predicted octanol–water partition coefficient (Wildman–Crippen LogP) is 4.12. The molecule has 7 heteroatoms. The molecule has 0 spiro atoms. The number of aromatic nitrogens is 2. The highest BCUT2D eigenvalue weighted by molar-refractivity contribution is 14.0. The lowest BCUT2D eigenvalue weighted by atomic mass is 10.1. The van der Waals surface area contributed by atoms with Gasteiger partial charge in [0.15, 0.2) is 5.96 Å². The van der Waals surface area contributed by atoms with E-state index in [2.05, 4.69) is 70.8 Å². The van der Waals surface area contributed by atoms with Crippen molar-refractivity contribution in [2.75, 3.05) is 20.1 Å². The number of nitrogens with zero attached hydrogens (tertiary/aromatic N) is 2. The van der Waals surface area contributed by atoms with Gasteiger partial charge in [-0.3, -0.25) is 4.99 Å². The summed E-state index contributed by atoms with van der Waals surface area (Å²) in [5.41, 5.74) is 4.95. The van der Waals surface area contributed by atoms with Crippen molar-refractivity contribution >= 4 is 52.2 Å². The summed E-state index contributed by atoms with van der Waals surface area (Å²) in [5, 5.41) is 9.24. The SMILES string of the molecule is CN=C(NCCc1nc(C)c(C)s1)NCCc1c[nH]c2cc(C)ccc12.I. The lowest BCUT2D eigenvalue weighted by Gasteiger charge is -2.11. The highest BCUT2D eigenvalue weighted by Gasteiger charge is 2.06. The molecule has 1 aromatic carbocycles. The van der Waals surface area contributed by atoms with Crippen LogP contribution < -0.4 is 10.6 Å². The van der Waals surface area contributed by atoms with Crippen LogP contribution in [0.5, 0.6) is 0 Å². The molecule has 0 amide bonds. The second-order valence-electron chi connectivity index (χ2n) is 6.54. The van der Waals surface area contributed by atoms with E-state index in [1.165, 1.54) is 31.9 Å². The van der Waals surface area contributed by atoms with Crippen molar-refractivity contribution in [2.24, 2.45) is 4.99 Å². The number of hydrogen-bond acceptors (Lipinski definition) is 3. The molecule has 146 valence electrons. The van der Waals surface area contributed by atoms with E-state index >= 15 is 0 Å². The van der Waals surface area contributed by atoms with Crippen LogP contribution in [0.1, 0.15) is 26.7 Å². The number of aromatic amines is 1. The van der Waals surface area contributed by atoms with Gasteiger partial charge in [-0.2, -0.15) is 0 Å². The molecular formula is C20H28IN5S. The average molecular weight is 497 g/mol. The standard InChI is InChI=1S/C20H27N5S.HI/c1-13-5-6-17-16(12-24-18(17)11-13)7-9-22-20(21-4)23-10-8-19-25-14(2)15(3)26-19;/h5-6,11-12,24H,7-10H2,1-4H3,(H2,21,22,23);1H. The molecule has 0 fully saturated rings. The van der Waals surface area contributed by atoms with Gasteiger partial charge in [0.2, 0.25) is 0 Å². The number of rotatable bonds is 6. The first-order valence-corrected chi connectivity index (χ1v) is 9.82. The molecule has 0 bridgehead atoms. The van der Waals surface area contributed by atoms with E-state index in [1.807, 2.05) is 7.05 Å². The van der Waals surface area contributed by atoms with Gasteiger partial charge in [-0.25, -0.2) is 4.98 Å². The molecule has 0 saturated carbocycles. The van der Waals surface area contributed by atoms with Gasteiger partial charge < -0.3 is 15.6 Å². The largest absolute Gasteiger partial charge is 0.361 e. The van der Waals surface area contributed by atoms with Crippen molar-refractivity contribution in [3.8, 4) is 0 Å². The van der Waals surface area contributed by atoms with E-state index in [0.29, 0.717) is 0 Å².